The molecule has 0 spiro atoms. The van der Waals surface area contributed by atoms with Gasteiger partial charge in [0.15, 0.2) is 0 Å². The molecule has 0 bridgehead atoms. The van der Waals surface area contributed by atoms with Crippen molar-refractivity contribution in [2.75, 3.05) is 26.8 Å². The predicted octanol–water partition coefficient (Wildman–Crippen LogP) is 2.18. The first-order chi connectivity index (χ1) is 8.25. The van der Waals surface area contributed by atoms with Gasteiger partial charge in [0.1, 0.15) is 0 Å². The molecule has 1 saturated heterocycles. The van der Waals surface area contributed by atoms with E-state index in [0.717, 1.165) is 38.2 Å². The van der Waals surface area contributed by atoms with Crippen LogP contribution in [0.5, 0.6) is 0 Å². The van der Waals surface area contributed by atoms with E-state index in [1.54, 1.807) is 11.3 Å². The lowest BCUT2D eigenvalue weighted by Crippen LogP contribution is -2.35. The number of carbonyl (C=O) groups excluding carboxylic acids is 1. The van der Waals surface area contributed by atoms with Gasteiger partial charge in [-0.3, -0.25) is 4.79 Å². The van der Waals surface area contributed by atoms with Crippen LogP contribution >= 0.6 is 11.3 Å². The molecule has 1 aliphatic rings. The average molecular weight is 253 g/mol. The minimum atomic E-state index is 0.217. The third-order valence-corrected chi connectivity index (χ3v) is 3.97. The largest absolute Gasteiger partial charge is 0.381 e. The van der Waals surface area contributed by atoms with Gasteiger partial charge in [0.05, 0.1) is 6.42 Å². The predicted molar refractivity (Wildman–Crippen MR) is 69.2 cm³/mol. The van der Waals surface area contributed by atoms with Gasteiger partial charge in [0.2, 0.25) is 5.91 Å². The van der Waals surface area contributed by atoms with Crippen molar-refractivity contribution in [3.05, 3.63) is 22.4 Å². The number of amides is 1. The first-order valence-electron chi connectivity index (χ1n) is 6.08. The zero-order valence-corrected chi connectivity index (χ0v) is 11.0. The summed E-state index contributed by atoms with van der Waals surface area (Å²) in [5.74, 6) is 0.829. The van der Waals surface area contributed by atoms with E-state index in [1.807, 2.05) is 28.8 Å². The van der Waals surface area contributed by atoms with E-state index in [4.69, 9.17) is 4.74 Å². The van der Waals surface area contributed by atoms with E-state index in [-0.39, 0.29) is 5.91 Å². The zero-order valence-electron chi connectivity index (χ0n) is 10.2. The Hall–Kier alpha value is -0.870. The van der Waals surface area contributed by atoms with E-state index in [2.05, 4.69) is 0 Å². The molecule has 2 heterocycles. The Morgan fingerprint density at radius 2 is 2.29 bits per heavy atom. The number of likely N-dealkylation sites (N-methyl/N-ethyl adjacent to an activating group) is 1. The number of hydrogen-bond acceptors (Lipinski definition) is 3. The Kier molecular flexibility index (Phi) is 4.57. The van der Waals surface area contributed by atoms with Crippen LogP contribution in [0.2, 0.25) is 0 Å². The first kappa shape index (κ1) is 12.6. The van der Waals surface area contributed by atoms with Crippen LogP contribution in [0.25, 0.3) is 0 Å². The molecule has 1 fully saturated rings. The van der Waals surface area contributed by atoms with Crippen molar-refractivity contribution in [3.8, 4) is 0 Å². The van der Waals surface area contributed by atoms with Crippen LogP contribution < -0.4 is 0 Å². The van der Waals surface area contributed by atoms with Gasteiger partial charge in [-0.25, -0.2) is 0 Å². The Labute approximate surface area is 106 Å². The summed E-state index contributed by atoms with van der Waals surface area (Å²) in [6, 6.07) is 2.02. The fourth-order valence-electron chi connectivity index (χ4n) is 2.12. The van der Waals surface area contributed by atoms with E-state index < -0.39 is 0 Å². The van der Waals surface area contributed by atoms with Crippen LogP contribution in [0.4, 0.5) is 0 Å². The molecule has 0 N–H and O–H groups in total. The number of hydrogen-bond donors (Lipinski definition) is 0. The molecule has 0 unspecified atom stereocenters. The van der Waals surface area contributed by atoms with Gasteiger partial charge in [-0.15, -0.1) is 0 Å². The highest BCUT2D eigenvalue weighted by atomic mass is 32.1. The van der Waals surface area contributed by atoms with Gasteiger partial charge in [-0.1, -0.05) is 0 Å². The summed E-state index contributed by atoms with van der Waals surface area (Å²) in [6.07, 6.45) is 2.69. The number of thiophene rings is 1. The van der Waals surface area contributed by atoms with Gasteiger partial charge in [-0.2, -0.15) is 11.3 Å². The van der Waals surface area contributed by atoms with Crippen molar-refractivity contribution in [2.45, 2.75) is 19.3 Å². The molecule has 94 valence electrons. The highest BCUT2D eigenvalue weighted by Crippen LogP contribution is 2.16. The molecule has 1 aliphatic heterocycles. The number of nitrogens with zero attached hydrogens (tertiary/aromatic N) is 1. The molecule has 0 saturated carbocycles. The second kappa shape index (κ2) is 6.17. The smallest absolute Gasteiger partial charge is 0.226 e. The number of carbonyl (C=O) groups is 1. The Morgan fingerprint density at radius 1 is 1.53 bits per heavy atom. The van der Waals surface area contributed by atoms with Crippen LogP contribution in [0.3, 0.4) is 0 Å². The second-order valence-electron chi connectivity index (χ2n) is 4.64. The van der Waals surface area contributed by atoms with E-state index in [1.165, 1.54) is 0 Å². The summed E-state index contributed by atoms with van der Waals surface area (Å²) in [5, 5.41) is 4.06. The van der Waals surface area contributed by atoms with Gasteiger partial charge >= 0.3 is 0 Å². The highest BCUT2D eigenvalue weighted by Gasteiger charge is 2.18. The van der Waals surface area contributed by atoms with Crippen molar-refractivity contribution >= 4 is 17.2 Å². The molecule has 3 nitrogen and oxygen atoms in total. The lowest BCUT2D eigenvalue weighted by Gasteiger charge is -2.27. The minimum absolute atomic E-state index is 0.217. The Morgan fingerprint density at radius 3 is 2.94 bits per heavy atom. The molecule has 0 radical (unpaired) electrons. The number of rotatable bonds is 4. The van der Waals surface area contributed by atoms with Crippen LogP contribution in [-0.2, 0) is 16.0 Å². The monoisotopic (exact) mass is 253 g/mol. The van der Waals surface area contributed by atoms with Crippen molar-refractivity contribution in [3.63, 3.8) is 0 Å². The fourth-order valence-corrected chi connectivity index (χ4v) is 2.79. The maximum Gasteiger partial charge on any atom is 0.226 e. The van der Waals surface area contributed by atoms with Crippen molar-refractivity contribution < 1.29 is 9.53 Å². The van der Waals surface area contributed by atoms with E-state index in [9.17, 15) is 4.79 Å². The molecule has 1 aromatic rings. The molecular weight excluding hydrogens is 234 g/mol. The standard InChI is InChI=1S/C13H19NO2S/c1-14(9-11-2-5-16-6-3-11)13(15)8-12-4-7-17-10-12/h4,7,10-11H,2-3,5-6,8-9H2,1H3. The van der Waals surface area contributed by atoms with Crippen LogP contribution in [0, 0.1) is 5.92 Å². The van der Waals surface area contributed by atoms with Crippen molar-refractivity contribution in [1.29, 1.82) is 0 Å². The topological polar surface area (TPSA) is 29.5 Å². The maximum absolute atomic E-state index is 12.0. The lowest BCUT2D eigenvalue weighted by atomic mass is 10.00. The van der Waals surface area contributed by atoms with E-state index in [0.29, 0.717) is 12.3 Å². The average Bonchev–Trinajstić information content (AvgIpc) is 2.83. The molecule has 0 atom stereocenters. The van der Waals surface area contributed by atoms with Crippen LogP contribution in [-0.4, -0.2) is 37.6 Å². The summed E-state index contributed by atoms with van der Waals surface area (Å²) in [6.45, 7) is 2.56. The summed E-state index contributed by atoms with van der Waals surface area (Å²) >= 11 is 1.64. The van der Waals surface area contributed by atoms with Gasteiger partial charge in [0, 0.05) is 26.8 Å². The molecule has 2 rings (SSSR count). The molecule has 0 aliphatic carbocycles. The summed E-state index contributed by atoms with van der Waals surface area (Å²) < 4.78 is 5.32. The molecule has 1 amide bonds. The minimum Gasteiger partial charge on any atom is -0.381 e. The Bertz CT molecular complexity index is 344. The SMILES string of the molecule is CN(CC1CCOCC1)C(=O)Cc1ccsc1. The first-order valence-corrected chi connectivity index (χ1v) is 7.03. The van der Waals surface area contributed by atoms with E-state index >= 15 is 0 Å². The van der Waals surface area contributed by atoms with Gasteiger partial charge < -0.3 is 9.64 Å². The maximum atomic E-state index is 12.0. The van der Waals surface area contributed by atoms with Gasteiger partial charge in [0.25, 0.3) is 0 Å². The highest BCUT2D eigenvalue weighted by molar-refractivity contribution is 7.07. The van der Waals surface area contributed by atoms with Crippen LogP contribution in [0.1, 0.15) is 18.4 Å². The molecular formula is C13H19NO2S. The third kappa shape index (κ3) is 3.82. The quantitative estimate of drug-likeness (QED) is 0.823. The molecule has 1 aromatic heterocycles. The summed E-state index contributed by atoms with van der Waals surface area (Å²) in [5.41, 5.74) is 1.12. The van der Waals surface area contributed by atoms with Gasteiger partial charge in [-0.05, 0) is 41.1 Å². The van der Waals surface area contributed by atoms with Crippen molar-refractivity contribution in [1.82, 2.24) is 4.90 Å². The Balaban J connectivity index is 1.78. The molecule has 4 heteroatoms. The molecule has 17 heavy (non-hydrogen) atoms. The fraction of sp³-hybridized carbons (Fsp3) is 0.615. The van der Waals surface area contributed by atoms with Crippen LogP contribution in [0.15, 0.2) is 16.8 Å². The second-order valence-corrected chi connectivity index (χ2v) is 5.42. The zero-order chi connectivity index (χ0) is 12.1. The summed E-state index contributed by atoms with van der Waals surface area (Å²) in [4.78, 5) is 13.9. The summed E-state index contributed by atoms with van der Waals surface area (Å²) in [7, 11) is 1.91. The number of ether oxygens (including phenoxy) is 1. The normalized spacial score (nSPS) is 17.0. The third-order valence-electron chi connectivity index (χ3n) is 3.23. The lowest BCUT2D eigenvalue weighted by molar-refractivity contribution is -0.130. The molecule has 0 aromatic carbocycles. The van der Waals surface area contributed by atoms with Crippen molar-refractivity contribution in [2.24, 2.45) is 5.92 Å².